The van der Waals surface area contributed by atoms with Crippen LogP contribution < -0.4 is 5.73 Å². The summed E-state index contributed by atoms with van der Waals surface area (Å²) in [7, 11) is 0. The van der Waals surface area contributed by atoms with E-state index in [0.29, 0.717) is 12.8 Å². The average Bonchev–Trinajstić information content (AvgIpc) is 3.37. The van der Waals surface area contributed by atoms with Gasteiger partial charge in [0.05, 0.1) is 16.2 Å². The topological polar surface area (TPSA) is 87.8 Å². The van der Waals surface area contributed by atoms with E-state index in [1.165, 1.54) is 0 Å². The summed E-state index contributed by atoms with van der Waals surface area (Å²) in [5.41, 5.74) is 10.4. The van der Waals surface area contributed by atoms with E-state index >= 15 is 0 Å². The van der Waals surface area contributed by atoms with E-state index in [2.05, 4.69) is 46.6 Å². The first-order chi connectivity index (χ1) is 13.9. The predicted octanol–water partition coefficient (Wildman–Crippen LogP) is 4.57. The van der Waals surface area contributed by atoms with Crippen molar-refractivity contribution >= 4 is 11.3 Å². The van der Waals surface area contributed by atoms with E-state index in [0.717, 1.165) is 38.0 Å². The van der Waals surface area contributed by atoms with Crippen LogP contribution in [0.5, 0.6) is 0 Å². The van der Waals surface area contributed by atoms with Gasteiger partial charge in [0, 0.05) is 17.3 Å². The number of aromatic nitrogens is 3. The van der Waals surface area contributed by atoms with Gasteiger partial charge in [0.2, 0.25) is 0 Å². The predicted molar refractivity (Wildman–Crippen MR) is 116 cm³/mol. The molecule has 1 saturated carbocycles. The van der Waals surface area contributed by atoms with E-state index in [4.69, 9.17) is 10.7 Å². The SMILES string of the molecule is C[C@]1(O)C[C@@](N)(c2ccc(-c3nc(-c4cc[nH]n4)sc3-c3ccccc3)cc2)C1. The zero-order valence-electron chi connectivity index (χ0n) is 16.1. The highest BCUT2D eigenvalue weighted by Crippen LogP contribution is 2.47. The summed E-state index contributed by atoms with van der Waals surface area (Å²) in [6.45, 7) is 1.84. The Labute approximate surface area is 173 Å². The Balaban J connectivity index is 1.55. The number of hydrogen-bond acceptors (Lipinski definition) is 5. The fourth-order valence-corrected chi connectivity index (χ4v) is 5.32. The smallest absolute Gasteiger partial charge is 0.145 e. The molecule has 2 heterocycles. The van der Waals surface area contributed by atoms with E-state index in [1.54, 1.807) is 11.3 Å². The van der Waals surface area contributed by atoms with E-state index < -0.39 is 11.1 Å². The van der Waals surface area contributed by atoms with E-state index in [-0.39, 0.29) is 0 Å². The fourth-order valence-electron chi connectivity index (χ4n) is 4.26. The molecule has 0 spiro atoms. The fraction of sp³-hybridized carbons (Fsp3) is 0.217. The lowest BCUT2D eigenvalue weighted by Gasteiger charge is -2.49. The third kappa shape index (κ3) is 3.29. The van der Waals surface area contributed by atoms with Crippen LogP contribution in [-0.4, -0.2) is 25.9 Å². The Morgan fingerprint density at radius 3 is 2.34 bits per heavy atom. The highest BCUT2D eigenvalue weighted by molar-refractivity contribution is 7.18. The van der Waals surface area contributed by atoms with Crippen molar-refractivity contribution in [3.05, 3.63) is 72.4 Å². The minimum atomic E-state index is -0.665. The first-order valence-electron chi connectivity index (χ1n) is 9.62. The summed E-state index contributed by atoms with van der Waals surface area (Å²) in [6, 6.07) is 20.5. The Kier molecular flexibility index (Phi) is 4.17. The second-order valence-electron chi connectivity index (χ2n) is 8.11. The van der Waals surface area contributed by atoms with Gasteiger partial charge in [0.15, 0.2) is 0 Å². The third-order valence-electron chi connectivity index (χ3n) is 5.51. The molecule has 5 nitrogen and oxygen atoms in total. The summed E-state index contributed by atoms with van der Waals surface area (Å²) >= 11 is 1.64. The van der Waals surface area contributed by atoms with Gasteiger partial charge in [-0.1, -0.05) is 54.6 Å². The Morgan fingerprint density at radius 2 is 1.72 bits per heavy atom. The van der Waals surface area contributed by atoms with Gasteiger partial charge in [0.1, 0.15) is 10.7 Å². The average molecular weight is 403 g/mol. The summed E-state index contributed by atoms with van der Waals surface area (Å²) in [5.74, 6) is 0. The molecule has 0 aliphatic heterocycles. The molecule has 2 aromatic heterocycles. The molecule has 1 aliphatic carbocycles. The van der Waals surface area contributed by atoms with Crippen molar-refractivity contribution in [3.8, 4) is 32.4 Å². The number of nitrogens with zero attached hydrogens (tertiary/aromatic N) is 2. The molecule has 0 amide bonds. The van der Waals surface area contributed by atoms with Gasteiger partial charge >= 0.3 is 0 Å². The molecule has 146 valence electrons. The summed E-state index contributed by atoms with van der Waals surface area (Å²) in [5, 5.41) is 18.1. The maximum Gasteiger partial charge on any atom is 0.145 e. The molecular formula is C23H22N4OS. The molecule has 4 N–H and O–H groups in total. The van der Waals surface area contributed by atoms with Crippen LogP contribution >= 0.6 is 11.3 Å². The maximum absolute atomic E-state index is 10.1. The van der Waals surface area contributed by atoms with Crippen molar-refractivity contribution in [1.29, 1.82) is 0 Å². The lowest BCUT2D eigenvalue weighted by molar-refractivity contribution is -0.0738. The lowest BCUT2D eigenvalue weighted by Crippen LogP contribution is -2.58. The normalized spacial score (nSPS) is 23.7. The molecule has 2 aromatic carbocycles. The Morgan fingerprint density at radius 1 is 1.00 bits per heavy atom. The second-order valence-corrected chi connectivity index (χ2v) is 9.11. The minimum absolute atomic E-state index is 0.452. The van der Waals surface area contributed by atoms with Crippen molar-refractivity contribution < 1.29 is 5.11 Å². The summed E-state index contributed by atoms with van der Waals surface area (Å²) in [6.07, 6.45) is 2.96. The van der Waals surface area contributed by atoms with Gasteiger partial charge in [-0.2, -0.15) is 5.10 Å². The molecule has 1 fully saturated rings. The highest BCUT2D eigenvalue weighted by atomic mass is 32.1. The lowest BCUT2D eigenvalue weighted by atomic mass is 9.63. The van der Waals surface area contributed by atoms with E-state index in [1.807, 2.05) is 37.4 Å². The van der Waals surface area contributed by atoms with Crippen LogP contribution in [0.15, 0.2) is 66.9 Å². The third-order valence-corrected chi connectivity index (χ3v) is 6.64. The molecule has 0 saturated heterocycles. The quantitative estimate of drug-likeness (QED) is 0.467. The van der Waals surface area contributed by atoms with Gasteiger partial charge in [-0.3, -0.25) is 5.10 Å². The number of nitrogens with one attached hydrogen (secondary N) is 1. The molecule has 29 heavy (non-hydrogen) atoms. The molecule has 0 radical (unpaired) electrons. The van der Waals surface area contributed by atoms with Crippen molar-refractivity contribution in [2.75, 3.05) is 0 Å². The number of rotatable bonds is 4. The number of hydrogen-bond donors (Lipinski definition) is 3. The Hall–Kier alpha value is -2.80. The summed E-state index contributed by atoms with van der Waals surface area (Å²) < 4.78 is 0. The molecular weight excluding hydrogens is 380 g/mol. The van der Waals surface area contributed by atoms with Crippen LogP contribution in [0.1, 0.15) is 25.3 Å². The van der Waals surface area contributed by atoms with Gasteiger partial charge in [-0.25, -0.2) is 4.98 Å². The van der Waals surface area contributed by atoms with Gasteiger partial charge in [-0.05, 0) is 37.0 Å². The van der Waals surface area contributed by atoms with Crippen LogP contribution in [-0.2, 0) is 5.54 Å². The zero-order chi connectivity index (χ0) is 20.1. The number of aromatic amines is 1. The van der Waals surface area contributed by atoms with E-state index in [9.17, 15) is 5.11 Å². The molecule has 0 unspecified atom stereocenters. The van der Waals surface area contributed by atoms with Crippen molar-refractivity contribution in [1.82, 2.24) is 15.2 Å². The van der Waals surface area contributed by atoms with Gasteiger partial charge in [-0.15, -0.1) is 11.3 Å². The van der Waals surface area contributed by atoms with Gasteiger partial charge in [0.25, 0.3) is 0 Å². The molecule has 0 bridgehead atoms. The van der Waals surface area contributed by atoms with Gasteiger partial charge < -0.3 is 10.8 Å². The second kappa shape index (κ2) is 6.62. The molecule has 6 heteroatoms. The standard InChI is InChI=1S/C23H22N4OS/c1-22(28)13-23(24,14-22)17-9-7-15(8-10-17)19-20(16-5-3-2-4-6-16)29-21(26-19)18-11-12-25-27-18/h2-12,28H,13-14,24H2,1H3,(H,25,27)/t22-,23-. The Bertz CT molecular complexity index is 1120. The van der Waals surface area contributed by atoms with Crippen molar-refractivity contribution in [2.45, 2.75) is 30.9 Å². The highest BCUT2D eigenvalue weighted by Gasteiger charge is 2.49. The van der Waals surface area contributed by atoms with Crippen LogP contribution in [0.3, 0.4) is 0 Å². The number of thiazole rings is 1. The van der Waals surface area contributed by atoms with Crippen LogP contribution in [0, 0.1) is 0 Å². The molecule has 0 atom stereocenters. The molecule has 4 aromatic rings. The first-order valence-corrected chi connectivity index (χ1v) is 10.4. The van der Waals surface area contributed by atoms with Crippen LogP contribution in [0.4, 0.5) is 0 Å². The zero-order valence-corrected chi connectivity index (χ0v) is 16.9. The molecule has 5 rings (SSSR count). The number of benzene rings is 2. The molecule has 1 aliphatic rings. The monoisotopic (exact) mass is 402 g/mol. The summed E-state index contributed by atoms with van der Waals surface area (Å²) in [4.78, 5) is 6.03. The van der Waals surface area contributed by atoms with Crippen molar-refractivity contribution in [2.24, 2.45) is 5.73 Å². The minimum Gasteiger partial charge on any atom is -0.390 e. The van der Waals surface area contributed by atoms with Crippen LogP contribution in [0.2, 0.25) is 0 Å². The number of H-pyrrole nitrogens is 1. The number of nitrogens with two attached hydrogens (primary N) is 1. The van der Waals surface area contributed by atoms with Crippen LogP contribution in [0.25, 0.3) is 32.4 Å². The largest absolute Gasteiger partial charge is 0.390 e. The van der Waals surface area contributed by atoms with Crippen molar-refractivity contribution in [3.63, 3.8) is 0 Å². The first kappa shape index (κ1) is 18.2. The maximum atomic E-state index is 10.1. The number of aliphatic hydroxyl groups is 1.